The molecule has 1 aliphatic rings. The van der Waals surface area contributed by atoms with E-state index < -0.39 is 0 Å². The SMILES string of the molecule is CC(C)CC(c1cc(Cl)cc2cn[nH]c12)N1C(=O)Cc2ccccc21. The van der Waals surface area contributed by atoms with Crippen molar-refractivity contribution in [2.24, 2.45) is 5.92 Å². The van der Waals surface area contributed by atoms with Crippen molar-refractivity contribution >= 4 is 34.1 Å². The average Bonchev–Trinajstić information content (AvgIpc) is 3.15. The van der Waals surface area contributed by atoms with Crippen molar-refractivity contribution in [2.45, 2.75) is 32.7 Å². The van der Waals surface area contributed by atoms with E-state index in [9.17, 15) is 4.79 Å². The molecule has 1 aliphatic heterocycles. The van der Waals surface area contributed by atoms with Gasteiger partial charge in [-0.2, -0.15) is 5.10 Å². The predicted octanol–water partition coefficient (Wildman–Crippen LogP) is 4.89. The summed E-state index contributed by atoms with van der Waals surface area (Å²) in [7, 11) is 0. The van der Waals surface area contributed by atoms with Gasteiger partial charge in [0.05, 0.1) is 24.2 Å². The third-order valence-corrected chi connectivity index (χ3v) is 4.99. The molecule has 0 radical (unpaired) electrons. The molecule has 1 atom stereocenters. The van der Waals surface area contributed by atoms with Crippen molar-refractivity contribution in [2.75, 3.05) is 4.90 Å². The number of halogens is 1. The summed E-state index contributed by atoms with van der Waals surface area (Å²) in [6.07, 6.45) is 3.09. The largest absolute Gasteiger partial charge is 0.304 e. The van der Waals surface area contributed by atoms with Gasteiger partial charge >= 0.3 is 0 Å². The van der Waals surface area contributed by atoms with Crippen molar-refractivity contribution in [3.8, 4) is 0 Å². The lowest BCUT2D eigenvalue weighted by atomic mass is 9.94. The molecule has 2 heterocycles. The molecule has 4 rings (SSSR count). The van der Waals surface area contributed by atoms with Crippen molar-refractivity contribution < 1.29 is 4.79 Å². The molecule has 1 aromatic heterocycles. The van der Waals surface area contributed by atoms with Gasteiger partial charge in [-0.15, -0.1) is 0 Å². The van der Waals surface area contributed by atoms with Crippen molar-refractivity contribution in [1.82, 2.24) is 10.2 Å². The molecule has 0 aliphatic carbocycles. The van der Waals surface area contributed by atoms with Gasteiger partial charge in [-0.3, -0.25) is 9.89 Å². The highest BCUT2D eigenvalue weighted by atomic mass is 35.5. The third kappa shape index (κ3) is 2.81. The number of fused-ring (bicyclic) bond motifs is 2. The summed E-state index contributed by atoms with van der Waals surface area (Å²) in [5.74, 6) is 0.571. The van der Waals surface area contributed by atoms with Crippen LogP contribution in [0.25, 0.3) is 10.9 Å². The van der Waals surface area contributed by atoms with E-state index in [1.807, 2.05) is 41.3 Å². The van der Waals surface area contributed by atoms with E-state index in [4.69, 9.17) is 11.6 Å². The van der Waals surface area contributed by atoms with Crippen LogP contribution in [0, 0.1) is 5.92 Å². The average molecular weight is 354 g/mol. The van der Waals surface area contributed by atoms with Crippen LogP contribution >= 0.6 is 11.6 Å². The molecule has 0 fully saturated rings. The molecule has 1 amide bonds. The highest BCUT2D eigenvalue weighted by Gasteiger charge is 2.35. The zero-order chi connectivity index (χ0) is 17.6. The molecule has 0 saturated carbocycles. The minimum absolute atomic E-state index is 0.0715. The van der Waals surface area contributed by atoms with E-state index in [0.717, 1.165) is 34.1 Å². The minimum atomic E-state index is -0.0715. The van der Waals surface area contributed by atoms with Gasteiger partial charge in [-0.05, 0) is 36.1 Å². The molecule has 128 valence electrons. The number of amides is 1. The zero-order valence-corrected chi connectivity index (χ0v) is 15.0. The van der Waals surface area contributed by atoms with E-state index in [-0.39, 0.29) is 11.9 Å². The number of hydrogen-bond donors (Lipinski definition) is 1. The molecule has 1 N–H and O–H groups in total. The van der Waals surface area contributed by atoms with Gasteiger partial charge < -0.3 is 4.90 Å². The first kappa shape index (κ1) is 16.2. The number of para-hydroxylation sites is 1. The Morgan fingerprint density at radius 3 is 2.88 bits per heavy atom. The van der Waals surface area contributed by atoms with Gasteiger partial charge in [0.1, 0.15) is 0 Å². The van der Waals surface area contributed by atoms with Gasteiger partial charge in [0.15, 0.2) is 0 Å². The highest BCUT2D eigenvalue weighted by Crippen LogP contribution is 2.41. The summed E-state index contributed by atoms with van der Waals surface area (Å²) < 4.78 is 0. The molecule has 5 heteroatoms. The van der Waals surface area contributed by atoms with E-state index in [0.29, 0.717) is 17.4 Å². The summed E-state index contributed by atoms with van der Waals surface area (Å²) in [5.41, 5.74) is 4.07. The van der Waals surface area contributed by atoms with E-state index in [2.05, 4.69) is 24.0 Å². The topological polar surface area (TPSA) is 49.0 Å². The van der Waals surface area contributed by atoms with Crippen molar-refractivity contribution in [1.29, 1.82) is 0 Å². The van der Waals surface area contributed by atoms with Crippen LogP contribution in [0.15, 0.2) is 42.6 Å². The number of carbonyl (C=O) groups excluding carboxylic acids is 1. The smallest absolute Gasteiger partial charge is 0.232 e. The molecular formula is C20H20ClN3O. The summed E-state index contributed by atoms with van der Waals surface area (Å²) in [4.78, 5) is 14.8. The standard InChI is InChI=1S/C20H20ClN3O/c1-12(2)7-18(16-10-15(21)8-14-11-22-23-20(14)16)24-17-6-4-3-5-13(17)9-19(24)25/h3-6,8,10-12,18H,7,9H2,1-2H3,(H,22,23). The molecule has 3 aromatic rings. The second-order valence-electron chi connectivity index (χ2n) is 7.04. The Morgan fingerprint density at radius 2 is 2.08 bits per heavy atom. The second-order valence-corrected chi connectivity index (χ2v) is 7.48. The molecule has 1 unspecified atom stereocenters. The Bertz CT molecular complexity index is 947. The number of nitrogens with zero attached hydrogens (tertiary/aromatic N) is 2. The van der Waals surface area contributed by atoms with Crippen LogP contribution in [-0.4, -0.2) is 16.1 Å². The fourth-order valence-corrected chi connectivity index (χ4v) is 3.98. The van der Waals surface area contributed by atoms with Crippen LogP contribution in [0.5, 0.6) is 0 Å². The molecule has 25 heavy (non-hydrogen) atoms. The van der Waals surface area contributed by atoms with Crippen LogP contribution in [0.2, 0.25) is 5.02 Å². The Kier molecular flexibility index (Phi) is 4.00. The fraction of sp³-hybridized carbons (Fsp3) is 0.300. The number of nitrogens with one attached hydrogen (secondary N) is 1. The number of anilines is 1. The maximum atomic E-state index is 12.9. The van der Waals surface area contributed by atoms with Gasteiger partial charge in [-0.25, -0.2) is 0 Å². The monoisotopic (exact) mass is 353 g/mol. The number of rotatable bonds is 4. The fourth-order valence-electron chi connectivity index (χ4n) is 3.75. The Morgan fingerprint density at radius 1 is 1.28 bits per heavy atom. The highest BCUT2D eigenvalue weighted by molar-refractivity contribution is 6.31. The van der Waals surface area contributed by atoms with Crippen LogP contribution in [0.3, 0.4) is 0 Å². The van der Waals surface area contributed by atoms with Gasteiger partial charge in [0, 0.05) is 21.7 Å². The first-order chi connectivity index (χ1) is 12.0. The van der Waals surface area contributed by atoms with Crippen molar-refractivity contribution in [3.63, 3.8) is 0 Å². The van der Waals surface area contributed by atoms with E-state index >= 15 is 0 Å². The summed E-state index contributed by atoms with van der Waals surface area (Å²) in [5, 5.41) is 8.89. The number of aromatic amines is 1. The Balaban J connectivity index is 1.89. The van der Waals surface area contributed by atoms with Crippen molar-refractivity contribution in [3.05, 3.63) is 58.7 Å². The van der Waals surface area contributed by atoms with Gasteiger partial charge in [-0.1, -0.05) is 43.6 Å². The second kappa shape index (κ2) is 6.19. The number of H-pyrrole nitrogens is 1. The first-order valence-corrected chi connectivity index (χ1v) is 8.95. The lowest BCUT2D eigenvalue weighted by molar-refractivity contribution is -0.117. The van der Waals surface area contributed by atoms with E-state index in [1.165, 1.54) is 0 Å². The van der Waals surface area contributed by atoms with E-state index in [1.54, 1.807) is 6.20 Å². The predicted molar refractivity (Wildman–Crippen MR) is 101 cm³/mol. The zero-order valence-electron chi connectivity index (χ0n) is 14.3. The number of carbonyl (C=O) groups is 1. The molecule has 0 bridgehead atoms. The first-order valence-electron chi connectivity index (χ1n) is 8.57. The third-order valence-electron chi connectivity index (χ3n) is 4.77. The lowest BCUT2D eigenvalue weighted by Crippen LogP contribution is -2.32. The van der Waals surface area contributed by atoms with Crippen LogP contribution < -0.4 is 4.90 Å². The summed E-state index contributed by atoms with van der Waals surface area (Å²) in [6, 6.07) is 11.8. The molecular weight excluding hydrogens is 334 g/mol. The molecule has 2 aromatic carbocycles. The lowest BCUT2D eigenvalue weighted by Gasteiger charge is -2.31. The molecule has 4 nitrogen and oxygen atoms in total. The normalized spacial score (nSPS) is 15.2. The van der Waals surface area contributed by atoms with Crippen LogP contribution in [0.1, 0.15) is 37.4 Å². The van der Waals surface area contributed by atoms with Gasteiger partial charge in [0.25, 0.3) is 0 Å². The maximum absolute atomic E-state index is 12.9. The summed E-state index contributed by atoms with van der Waals surface area (Å²) >= 11 is 6.36. The quantitative estimate of drug-likeness (QED) is 0.725. The Hall–Kier alpha value is -2.33. The summed E-state index contributed by atoms with van der Waals surface area (Å²) in [6.45, 7) is 4.35. The van der Waals surface area contributed by atoms with Gasteiger partial charge in [0.2, 0.25) is 5.91 Å². The number of aromatic nitrogens is 2. The van der Waals surface area contributed by atoms with Crippen LogP contribution in [0.4, 0.5) is 5.69 Å². The number of hydrogen-bond acceptors (Lipinski definition) is 2. The maximum Gasteiger partial charge on any atom is 0.232 e. The number of benzene rings is 2. The minimum Gasteiger partial charge on any atom is -0.304 e. The molecule has 0 spiro atoms. The molecule has 0 saturated heterocycles. The van der Waals surface area contributed by atoms with Crippen LogP contribution in [-0.2, 0) is 11.2 Å². The Labute approximate surface area is 151 Å².